The zero-order valence-corrected chi connectivity index (χ0v) is 65.0. The molecule has 0 spiro atoms. The second kappa shape index (κ2) is 45.0. The molecular formula is C71H97BBr5Cl5N6O10. The van der Waals surface area contributed by atoms with Crippen LogP contribution in [-0.4, -0.2) is 90.7 Å². The van der Waals surface area contributed by atoms with Crippen molar-refractivity contribution in [3.63, 3.8) is 0 Å². The van der Waals surface area contributed by atoms with Gasteiger partial charge in [-0.3, -0.25) is 14.5 Å². The molecule has 16 nitrogen and oxygen atoms in total. The fraction of sp³-hybridized carbons (Fsp3) is 0.408. The van der Waals surface area contributed by atoms with Crippen LogP contribution in [0, 0.1) is 13.8 Å². The Morgan fingerprint density at radius 1 is 0.663 bits per heavy atom. The number of methoxy groups -OCH3 is 4. The third-order valence-corrected chi connectivity index (χ3v) is 21.3. The van der Waals surface area contributed by atoms with E-state index in [-0.39, 0.29) is 87.2 Å². The Labute approximate surface area is 650 Å². The van der Waals surface area contributed by atoms with Gasteiger partial charge in [-0.05, 0) is 235 Å². The molecule has 0 unspecified atom stereocenters. The number of aliphatic imine (C=N–C) groups is 1. The summed E-state index contributed by atoms with van der Waals surface area (Å²) in [6.45, 7) is 19.4. The number of allylic oxidation sites excluding steroid dienone is 1. The quantitative estimate of drug-likeness (QED) is 0.0384. The molecule has 1 aliphatic carbocycles. The number of ether oxygens (including phenoxy) is 4. The van der Waals surface area contributed by atoms with Crippen molar-refractivity contribution in [1.82, 2.24) is 14.3 Å². The largest absolute Gasteiger partial charge is 0.498 e. The molecule has 0 atom stereocenters. The van der Waals surface area contributed by atoms with E-state index in [9.17, 15) is 19.2 Å². The number of esters is 4. The van der Waals surface area contributed by atoms with Crippen LogP contribution in [0.2, 0.25) is 25.1 Å². The van der Waals surface area contributed by atoms with Crippen LogP contribution in [-0.2, 0) is 82.2 Å². The number of fused-ring (bicyclic) bond motifs is 2. The third kappa shape index (κ3) is 25.6. The van der Waals surface area contributed by atoms with Crippen LogP contribution in [0.1, 0.15) is 156 Å². The highest BCUT2D eigenvalue weighted by Crippen LogP contribution is 2.42. The predicted octanol–water partition coefficient (Wildman–Crippen LogP) is 21.6. The summed E-state index contributed by atoms with van der Waals surface area (Å²) >= 11 is 46.3. The van der Waals surface area contributed by atoms with Crippen molar-refractivity contribution in [3.05, 3.63) is 177 Å². The number of anilines is 1. The van der Waals surface area contributed by atoms with Gasteiger partial charge in [-0.2, -0.15) is 5.10 Å². The van der Waals surface area contributed by atoms with Gasteiger partial charge in [0.15, 0.2) is 0 Å². The number of carbonyl (C=O) groups is 4. The molecule has 1 saturated heterocycles. The Kier molecular flexibility index (Phi) is 44.9. The topological polar surface area (TPSA) is 211 Å². The number of aromatic nitrogens is 3. The molecule has 0 saturated carbocycles. The molecular weight excluding hydrogens is 1680 g/mol. The number of rotatable bonds is 12. The highest BCUT2D eigenvalue weighted by Gasteiger charge is 2.53. The van der Waals surface area contributed by atoms with Gasteiger partial charge in [0.25, 0.3) is 0 Å². The Balaban J connectivity index is -0.00000111. The second-order valence-electron chi connectivity index (χ2n) is 21.4. The van der Waals surface area contributed by atoms with Gasteiger partial charge in [-0.1, -0.05) is 135 Å². The van der Waals surface area contributed by atoms with Crippen LogP contribution < -0.4 is 16.9 Å². The Bertz CT molecular complexity index is 3870. The van der Waals surface area contributed by atoms with E-state index in [2.05, 4.69) is 141 Å². The first kappa shape index (κ1) is 97.9. The predicted molar refractivity (Wildman–Crippen MR) is 431 cm³/mol. The zero-order chi connectivity index (χ0) is 69.3. The number of carbonyl (C=O) groups excluding carboxylic acids is 4. The second-order valence-corrected chi connectivity index (χ2v) is 27.5. The van der Waals surface area contributed by atoms with Crippen LogP contribution in [0.15, 0.2) is 112 Å². The average molecular weight is 1780 g/mol. The molecule has 9 rings (SSSR count). The summed E-state index contributed by atoms with van der Waals surface area (Å²) in [4.78, 5) is 50.6. The number of aryl methyl sites for hydroxylation is 4. The summed E-state index contributed by atoms with van der Waals surface area (Å²) in [6, 6.07) is 23.8. The number of nitrogens with zero attached hydrogens (tertiary/aromatic N) is 4. The van der Waals surface area contributed by atoms with Crippen LogP contribution in [0.4, 0.5) is 5.69 Å². The first-order valence-corrected chi connectivity index (χ1v) is 34.2. The minimum atomic E-state index is -0.457. The summed E-state index contributed by atoms with van der Waals surface area (Å²) in [5, 5.41) is 8.62. The number of halogens is 10. The molecule has 0 radical (unpaired) electrons. The Morgan fingerprint density at radius 3 is 1.62 bits per heavy atom. The van der Waals surface area contributed by atoms with E-state index >= 15 is 0 Å². The molecule has 2 aliphatic rings. The lowest BCUT2D eigenvalue weighted by Gasteiger charge is -2.32. The minimum absolute atomic E-state index is 0. The van der Waals surface area contributed by atoms with Crippen molar-refractivity contribution in [2.75, 3.05) is 34.2 Å². The van der Waals surface area contributed by atoms with E-state index in [0.717, 1.165) is 90.5 Å². The summed E-state index contributed by atoms with van der Waals surface area (Å²) in [7, 11) is 7.06. The molecule has 5 aromatic carbocycles. The number of benzene rings is 5. The molecule has 2 aromatic heterocycles. The van der Waals surface area contributed by atoms with Crippen molar-refractivity contribution in [2.24, 2.45) is 17.8 Å². The standard InChI is InChI=1S/C15H15BrClNO4.C13H23BN2O2.C12H13BrClNO2.C12H10BrClO2.C7H7BrClN.C6H5BrClN.6CH4/c1-8-12-10(5-4-9(17)13(12)16)18(7-6-11(19)21-2)14(8)15(20)22-3;1-8-10-11(9(2)16(7)15-10)14-17-12(3,4)13(5,6)18-14;1-3-11(12(16)17-2)15-7-8-4-5-10(14)9(13)6-8;1-6-8(12(15)16-2)5-7-3-4-9(14)11(13)10(6)7;8-6-3-5(4-10)1-2-7(6)9;7-5-3-4(9)1-2-6(5)8;;;;;;/h4-5H,6-7H2,1-3H3;8H2,1-7H3;4-6H,3,7H2,1-2H3;3-4H,5H2,1-2H3;1-3H,4,10H2;1-3H,9H2;6*1H4. The first-order chi connectivity index (χ1) is 43.2. The SMILES string of the molecule is C.C.C.C.C.C.CCC(=NCc1ccc(Cl)c(Br)c1)C(=O)OC.CCc1nn(C)c(C)c1B1OC(C)(C)C(C)(C)O1.COC(=O)C1=C(C)c2c(ccc(Cl)c2Br)C1.COC(=O)CCn1c(C(=O)OC)c(C)c2c(Br)c(Cl)ccc21.NCc1ccc(Cl)c(Br)c1.Nc1ccc(Cl)c(Br)c1. The summed E-state index contributed by atoms with van der Waals surface area (Å²) in [5.41, 5.74) is 22.5. The van der Waals surface area contributed by atoms with Gasteiger partial charge >= 0.3 is 31.0 Å². The molecule has 544 valence electrons. The van der Waals surface area contributed by atoms with Crippen LogP contribution >= 0.6 is 138 Å². The van der Waals surface area contributed by atoms with Crippen LogP contribution in [0.3, 0.4) is 0 Å². The van der Waals surface area contributed by atoms with Crippen molar-refractivity contribution in [3.8, 4) is 0 Å². The molecule has 0 amide bonds. The summed E-state index contributed by atoms with van der Waals surface area (Å²) in [5.74, 6) is -1.44. The van der Waals surface area contributed by atoms with Crippen molar-refractivity contribution < 1.29 is 47.4 Å². The van der Waals surface area contributed by atoms with E-state index in [1.807, 2.05) is 81.0 Å². The van der Waals surface area contributed by atoms with E-state index in [1.165, 1.54) is 28.4 Å². The fourth-order valence-corrected chi connectivity index (χ4v) is 12.3. The lowest BCUT2D eigenvalue weighted by atomic mass is 9.76. The highest BCUT2D eigenvalue weighted by atomic mass is 79.9. The van der Waals surface area contributed by atoms with Gasteiger partial charge < -0.3 is 44.3 Å². The number of nitrogen functional groups attached to an aromatic ring is 1. The van der Waals surface area contributed by atoms with E-state index in [0.29, 0.717) is 79.7 Å². The Morgan fingerprint density at radius 2 is 1.15 bits per heavy atom. The zero-order valence-electron chi connectivity index (χ0n) is 53.3. The van der Waals surface area contributed by atoms with Gasteiger partial charge in [0.1, 0.15) is 11.4 Å². The monoisotopic (exact) mass is 1770 g/mol. The van der Waals surface area contributed by atoms with Crippen LogP contribution in [0.25, 0.3) is 16.5 Å². The van der Waals surface area contributed by atoms with E-state index in [4.69, 9.17) is 88.3 Å². The van der Waals surface area contributed by atoms with E-state index < -0.39 is 5.97 Å². The lowest BCUT2D eigenvalue weighted by Crippen LogP contribution is -2.41. The maximum atomic E-state index is 12.1. The van der Waals surface area contributed by atoms with Crippen molar-refractivity contribution >= 4 is 202 Å². The van der Waals surface area contributed by atoms with E-state index in [1.54, 1.807) is 34.9 Å². The van der Waals surface area contributed by atoms with Crippen LogP contribution in [0.5, 0.6) is 0 Å². The first-order valence-electron chi connectivity index (χ1n) is 28.3. The van der Waals surface area contributed by atoms with Crippen molar-refractivity contribution in [2.45, 2.75) is 163 Å². The molecule has 27 heteroatoms. The number of hydrogen-bond acceptors (Lipinski definition) is 14. The number of hydrogen-bond donors (Lipinski definition) is 2. The summed E-state index contributed by atoms with van der Waals surface area (Å²) < 4.78 is 38.9. The maximum absolute atomic E-state index is 12.1. The molecule has 4 N–H and O–H groups in total. The van der Waals surface area contributed by atoms with Gasteiger partial charge in [0, 0.05) is 76.7 Å². The minimum Gasteiger partial charge on any atom is -0.469 e. The number of nitrogens with two attached hydrogens (primary N) is 2. The highest BCUT2D eigenvalue weighted by molar-refractivity contribution is 9.11. The molecule has 1 aliphatic heterocycles. The molecule has 0 bridgehead atoms. The van der Waals surface area contributed by atoms with Gasteiger partial charge in [-0.25, -0.2) is 14.4 Å². The van der Waals surface area contributed by atoms with Gasteiger partial charge in [-0.15, -0.1) is 0 Å². The third-order valence-electron chi connectivity index (χ3n) is 15.0. The molecule has 7 aromatic rings. The lowest BCUT2D eigenvalue weighted by molar-refractivity contribution is -0.141. The molecule has 3 heterocycles. The maximum Gasteiger partial charge on any atom is 0.498 e. The fourth-order valence-electron chi connectivity index (χ4n) is 9.09. The molecule has 1 fully saturated rings. The van der Waals surface area contributed by atoms with Gasteiger partial charge in [0.2, 0.25) is 0 Å². The normalized spacial score (nSPS) is 12.5. The average Bonchev–Trinajstić information content (AvgIpc) is 1.62. The smallest absolute Gasteiger partial charge is 0.469 e. The van der Waals surface area contributed by atoms with Gasteiger partial charge in [0.05, 0.1) is 88.9 Å². The Hall–Kier alpha value is -4.27. The summed E-state index contributed by atoms with van der Waals surface area (Å²) in [6.07, 6.45) is 2.22. The van der Waals surface area contributed by atoms with Crippen molar-refractivity contribution in [1.29, 1.82) is 0 Å². The molecule has 98 heavy (non-hydrogen) atoms.